The number of nitrogens with one attached hydrogen (secondary N) is 1. The second-order valence-electron chi connectivity index (χ2n) is 8.83. The van der Waals surface area contributed by atoms with Crippen LogP contribution < -0.4 is 15.8 Å². The van der Waals surface area contributed by atoms with Crippen molar-refractivity contribution in [2.75, 3.05) is 24.5 Å². The zero-order valence-corrected chi connectivity index (χ0v) is 20.1. The van der Waals surface area contributed by atoms with E-state index in [-0.39, 0.29) is 23.2 Å². The minimum absolute atomic E-state index is 0.0371. The van der Waals surface area contributed by atoms with Crippen LogP contribution in [0.1, 0.15) is 24.8 Å². The van der Waals surface area contributed by atoms with E-state index in [0.29, 0.717) is 41.5 Å². The summed E-state index contributed by atoms with van der Waals surface area (Å²) < 4.78 is 15.7. The third kappa shape index (κ3) is 5.12. The van der Waals surface area contributed by atoms with Crippen LogP contribution in [-0.4, -0.2) is 35.1 Å². The molecule has 1 atom stereocenters. The second-order valence-corrected chi connectivity index (χ2v) is 9.75. The van der Waals surface area contributed by atoms with Crippen molar-refractivity contribution in [1.29, 1.82) is 0 Å². The average Bonchev–Trinajstić information content (AvgIpc) is 3.37. The summed E-state index contributed by atoms with van der Waals surface area (Å²) in [6.45, 7) is 1.80. The number of fused-ring (bicyclic) bond motifs is 1. The predicted molar refractivity (Wildman–Crippen MR) is 138 cm³/mol. The van der Waals surface area contributed by atoms with Gasteiger partial charge in [0.15, 0.2) is 0 Å². The molecule has 0 saturated carbocycles. The Labute approximate surface area is 207 Å². The Morgan fingerprint density at radius 1 is 1.11 bits per heavy atom. The number of piperidine rings is 1. The number of benzene rings is 2. The van der Waals surface area contributed by atoms with E-state index in [2.05, 4.69) is 17.4 Å². The number of aromatic nitrogens is 2. The molecule has 1 fully saturated rings. The number of halogens is 1. The lowest BCUT2D eigenvalue weighted by molar-refractivity contribution is -0.125. The molecule has 3 heterocycles. The van der Waals surface area contributed by atoms with Crippen LogP contribution in [0.25, 0.3) is 15.9 Å². The summed E-state index contributed by atoms with van der Waals surface area (Å²) in [4.78, 5) is 33.1. The standard InChI is InChI=1S/C27H27FN4O2S/c28-21-10-12-22(13-11-21)32-26(34)24-23(14-17-35-24)30-27(32)31-16-5-9-20(18-31)25(33)29-15-4-8-19-6-2-1-3-7-19/h1-3,6-7,10-14,17,20H,4-5,8-9,15-16,18H2,(H,29,33)/t20-/m1/s1. The fourth-order valence-corrected chi connectivity index (χ4v) is 5.36. The van der Waals surface area contributed by atoms with Crippen LogP contribution in [0.15, 0.2) is 70.8 Å². The molecular weight excluding hydrogens is 463 g/mol. The largest absolute Gasteiger partial charge is 0.356 e. The normalized spacial score (nSPS) is 15.9. The predicted octanol–water partition coefficient (Wildman–Crippen LogP) is 4.55. The molecule has 180 valence electrons. The van der Waals surface area contributed by atoms with E-state index in [1.165, 1.54) is 29.0 Å². The number of aryl methyl sites for hydroxylation is 1. The summed E-state index contributed by atoms with van der Waals surface area (Å²) in [5, 5.41) is 4.94. The zero-order chi connectivity index (χ0) is 24.2. The van der Waals surface area contributed by atoms with Gasteiger partial charge in [0.1, 0.15) is 10.5 Å². The lowest BCUT2D eigenvalue weighted by Gasteiger charge is -2.34. The highest BCUT2D eigenvalue weighted by Gasteiger charge is 2.29. The number of carbonyl (C=O) groups excluding carboxylic acids is 1. The van der Waals surface area contributed by atoms with Gasteiger partial charge >= 0.3 is 0 Å². The molecular formula is C27H27FN4O2S. The van der Waals surface area contributed by atoms with Crippen molar-refractivity contribution in [3.05, 3.63) is 87.8 Å². The molecule has 0 bridgehead atoms. The van der Waals surface area contributed by atoms with Gasteiger partial charge in [-0.05, 0) is 67.0 Å². The molecule has 8 heteroatoms. The number of anilines is 1. The molecule has 2 aromatic carbocycles. The van der Waals surface area contributed by atoms with Crippen molar-refractivity contribution in [1.82, 2.24) is 14.9 Å². The Balaban J connectivity index is 1.33. The minimum Gasteiger partial charge on any atom is -0.356 e. The van der Waals surface area contributed by atoms with Gasteiger partial charge in [-0.15, -0.1) is 11.3 Å². The molecule has 0 aliphatic carbocycles. The summed E-state index contributed by atoms with van der Waals surface area (Å²) in [7, 11) is 0. The summed E-state index contributed by atoms with van der Waals surface area (Å²) in [5.41, 5.74) is 2.28. The summed E-state index contributed by atoms with van der Waals surface area (Å²) in [6, 6.07) is 17.9. The van der Waals surface area contributed by atoms with Gasteiger partial charge < -0.3 is 10.2 Å². The maximum absolute atomic E-state index is 13.6. The van der Waals surface area contributed by atoms with Crippen LogP contribution in [0.2, 0.25) is 0 Å². The molecule has 0 radical (unpaired) electrons. The van der Waals surface area contributed by atoms with Gasteiger partial charge in [-0.25, -0.2) is 13.9 Å². The maximum atomic E-state index is 13.6. The number of rotatable bonds is 7. The fourth-order valence-electron chi connectivity index (χ4n) is 4.60. The topological polar surface area (TPSA) is 67.2 Å². The quantitative estimate of drug-likeness (QED) is 0.386. The molecule has 0 spiro atoms. The van der Waals surface area contributed by atoms with Crippen LogP contribution in [-0.2, 0) is 11.2 Å². The van der Waals surface area contributed by atoms with Crippen LogP contribution in [0.3, 0.4) is 0 Å². The highest BCUT2D eigenvalue weighted by Crippen LogP contribution is 2.26. The lowest BCUT2D eigenvalue weighted by Crippen LogP contribution is -2.45. The maximum Gasteiger partial charge on any atom is 0.277 e. The molecule has 1 aliphatic rings. The van der Waals surface area contributed by atoms with E-state index in [4.69, 9.17) is 4.98 Å². The monoisotopic (exact) mass is 490 g/mol. The van der Waals surface area contributed by atoms with E-state index in [1.807, 2.05) is 34.5 Å². The highest BCUT2D eigenvalue weighted by molar-refractivity contribution is 7.17. The van der Waals surface area contributed by atoms with E-state index < -0.39 is 0 Å². The van der Waals surface area contributed by atoms with Crippen molar-refractivity contribution in [2.45, 2.75) is 25.7 Å². The van der Waals surface area contributed by atoms with Crippen molar-refractivity contribution >= 4 is 33.4 Å². The first-order valence-corrected chi connectivity index (χ1v) is 12.8. The Kier molecular flexibility index (Phi) is 6.90. The number of nitrogens with zero attached hydrogens (tertiary/aromatic N) is 3. The zero-order valence-electron chi connectivity index (χ0n) is 19.3. The summed E-state index contributed by atoms with van der Waals surface area (Å²) in [5.74, 6) is -0.0168. The molecule has 1 aliphatic heterocycles. The molecule has 35 heavy (non-hydrogen) atoms. The first-order chi connectivity index (χ1) is 17.1. The average molecular weight is 491 g/mol. The van der Waals surface area contributed by atoms with Gasteiger partial charge in [-0.1, -0.05) is 30.3 Å². The number of hydrogen-bond acceptors (Lipinski definition) is 5. The van der Waals surface area contributed by atoms with Crippen molar-refractivity contribution < 1.29 is 9.18 Å². The highest BCUT2D eigenvalue weighted by atomic mass is 32.1. The van der Waals surface area contributed by atoms with Crippen molar-refractivity contribution in [3.63, 3.8) is 0 Å². The van der Waals surface area contributed by atoms with Crippen LogP contribution >= 0.6 is 11.3 Å². The van der Waals surface area contributed by atoms with Gasteiger partial charge in [0.05, 0.1) is 17.1 Å². The Morgan fingerprint density at radius 2 is 1.91 bits per heavy atom. The van der Waals surface area contributed by atoms with Gasteiger partial charge in [-0.2, -0.15) is 0 Å². The molecule has 6 nitrogen and oxygen atoms in total. The van der Waals surface area contributed by atoms with Crippen molar-refractivity contribution in [2.24, 2.45) is 5.92 Å². The summed E-state index contributed by atoms with van der Waals surface area (Å²) in [6.07, 6.45) is 3.42. The number of hydrogen-bond donors (Lipinski definition) is 1. The van der Waals surface area contributed by atoms with Crippen LogP contribution in [0.5, 0.6) is 0 Å². The van der Waals surface area contributed by atoms with Crippen LogP contribution in [0.4, 0.5) is 10.3 Å². The molecule has 1 amide bonds. The van der Waals surface area contributed by atoms with Crippen LogP contribution in [0, 0.1) is 11.7 Å². The molecule has 1 saturated heterocycles. The first kappa shape index (κ1) is 23.2. The van der Waals surface area contributed by atoms with E-state index in [0.717, 1.165) is 25.7 Å². The van der Waals surface area contributed by atoms with Crippen molar-refractivity contribution in [3.8, 4) is 5.69 Å². The first-order valence-electron chi connectivity index (χ1n) is 11.9. The van der Waals surface area contributed by atoms with Gasteiger partial charge in [0, 0.05) is 19.6 Å². The van der Waals surface area contributed by atoms with E-state index in [9.17, 15) is 14.0 Å². The number of amides is 1. The number of thiophene rings is 1. The van der Waals surface area contributed by atoms with E-state index in [1.54, 1.807) is 16.7 Å². The molecule has 4 aromatic rings. The second kappa shape index (κ2) is 10.4. The number of carbonyl (C=O) groups is 1. The SMILES string of the molecule is O=C(NCCCc1ccccc1)[C@@H]1CCCN(c2nc3ccsc3c(=O)n2-c2ccc(F)cc2)C1. The molecule has 5 rings (SSSR count). The van der Waals surface area contributed by atoms with Gasteiger partial charge in [0.25, 0.3) is 5.56 Å². The van der Waals surface area contributed by atoms with E-state index >= 15 is 0 Å². The summed E-state index contributed by atoms with van der Waals surface area (Å²) >= 11 is 1.34. The molecule has 0 unspecified atom stereocenters. The molecule has 1 N–H and O–H groups in total. The third-order valence-corrected chi connectivity index (χ3v) is 7.30. The lowest BCUT2D eigenvalue weighted by atomic mass is 9.97. The molecule has 2 aromatic heterocycles. The Morgan fingerprint density at radius 3 is 2.71 bits per heavy atom. The Bertz CT molecular complexity index is 1370. The Hall–Kier alpha value is -3.52. The smallest absolute Gasteiger partial charge is 0.277 e. The minimum atomic E-state index is -0.365. The third-order valence-electron chi connectivity index (χ3n) is 6.41. The van der Waals surface area contributed by atoms with Gasteiger partial charge in [0.2, 0.25) is 11.9 Å². The van der Waals surface area contributed by atoms with Gasteiger partial charge in [-0.3, -0.25) is 9.59 Å². The fraction of sp³-hybridized carbons (Fsp3) is 0.296.